The SMILES string of the molecule is CC.CCOCCN(C)CC(O)Cn1ccc(-c2ccc(COC(F)F)c(OC3CCCC3)c2)n1. The lowest BCUT2D eigenvalue weighted by Gasteiger charge is -2.20. The topological polar surface area (TPSA) is 69.0 Å². The zero-order valence-electron chi connectivity index (χ0n) is 21.5. The van der Waals surface area contributed by atoms with Crippen molar-refractivity contribution < 1.29 is 28.1 Å². The Kier molecular flexibility index (Phi) is 13.2. The molecule has 0 amide bonds. The summed E-state index contributed by atoms with van der Waals surface area (Å²) in [4.78, 5) is 2.03. The molecule has 7 nitrogen and oxygen atoms in total. The largest absolute Gasteiger partial charge is 0.490 e. The molecular formula is C26H41F2N3O4. The van der Waals surface area contributed by atoms with Crippen molar-refractivity contribution in [3.8, 4) is 17.0 Å². The number of aliphatic hydroxyl groups is 1. The summed E-state index contributed by atoms with van der Waals surface area (Å²) in [7, 11) is 1.95. The van der Waals surface area contributed by atoms with Gasteiger partial charge in [0.05, 0.1) is 37.7 Å². The van der Waals surface area contributed by atoms with Crippen molar-refractivity contribution in [2.75, 3.05) is 33.4 Å². The maximum Gasteiger partial charge on any atom is 0.345 e. The highest BCUT2D eigenvalue weighted by atomic mass is 19.3. The maximum atomic E-state index is 12.6. The summed E-state index contributed by atoms with van der Waals surface area (Å²) in [6.45, 7) is 5.86. The van der Waals surface area contributed by atoms with E-state index in [1.54, 1.807) is 10.7 Å². The molecule has 0 bridgehead atoms. The van der Waals surface area contributed by atoms with Crippen molar-refractivity contribution in [3.05, 3.63) is 36.0 Å². The molecule has 1 aromatic heterocycles. The van der Waals surface area contributed by atoms with Crippen LogP contribution in [0.5, 0.6) is 5.75 Å². The van der Waals surface area contributed by atoms with Crippen molar-refractivity contribution >= 4 is 0 Å². The molecule has 1 fully saturated rings. The van der Waals surface area contributed by atoms with Crippen LogP contribution in [0.15, 0.2) is 30.5 Å². The lowest BCUT2D eigenvalue weighted by molar-refractivity contribution is -0.137. The van der Waals surface area contributed by atoms with Crippen LogP contribution in [0.25, 0.3) is 11.3 Å². The molecule has 3 rings (SSSR count). The van der Waals surface area contributed by atoms with Crippen molar-refractivity contribution in [1.82, 2.24) is 14.7 Å². The lowest BCUT2D eigenvalue weighted by Crippen LogP contribution is -2.34. The van der Waals surface area contributed by atoms with Crippen molar-refractivity contribution in [1.29, 1.82) is 0 Å². The van der Waals surface area contributed by atoms with E-state index in [2.05, 4.69) is 9.84 Å². The minimum absolute atomic E-state index is 0.0953. The molecule has 1 heterocycles. The van der Waals surface area contributed by atoms with Gasteiger partial charge in [-0.25, -0.2) is 0 Å². The van der Waals surface area contributed by atoms with Crippen molar-refractivity contribution in [3.63, 3.8) is 0 Å². The third-order valence-electron chi connectivity index (χ3n) is 5.71. The van der Waals surface area contributed by atoms with E-state index in [0.717, 1.165) is 43.5 Å². The Bertz CT molecular complexity index is 844. The van der Waals surface area contributed by atoms with Gasteiger partial charge in [-0.15, -0.1) is 0 Å². The smallest absolute Gasteiger partial charge is 0.345 e. The number of rotatable bonds is 14. The number of nitrogens with zero attached hydrogens (tertiary/aromatic N) is 3. The molecule has 1 N–H and O–H groups in total. The molecule has 1 atom stereocenters. The molecule has 0 spiro atoms. The first-order valence-electron chi connectivity index (χ1n) is 12.6. The van der Waals surface area contributed by atoms with E-state index in [-0.39, 0.29) is 12.7 Å². The van der Waals surface area contributed by atoms with E-state index >= 15 is 0 Å². The highest BCUT2D eigenvalue weighted by Crippen LogP contribution is 2.31. The average molecular weight is 498 g/mol. The molecule has 1 aliphatic rings. The molecule has 1 unspecified atom stereocenters. The van der Waals surface area contributed by atoms with Crippen molar-refractivity contribution in [2.45, 2.75) is 78.4 Å². The van der Waals surface area contributed by atoms with Gasteiger partial charge in [-0.3, -0.25) is 4.68 Å². The van der Waals surface area contributed by atoms with Gasteiger partial charge in [0, 0.05) is 37.0 Å². The first-order chi connectivity index (χ1) is 16.9. The minimum atomic E-state index is -2.83. The molecule has 1 aliphatic carbocycles. The number of ether oxygens (including phenoxy) is 3. The average Bonchev–Trinajstić information content (AvgIpc) is 3.52. The summed E-state index contributed by atoms with van der Waals surface area (Å²) >= 11 is 0. The molecule has 198 valence electrons. The number of aliphatic hydroxyl groups excluding tert-OH is 1. The fourth-order valence-corrected chi connectivity index (χ4v) is 3.99. The van der Waals surface area contributed by atoms with Crippen LogP contribution >= 0.6 is 0 Å². The van der Waals surface area contributed by atoms with Gasteiger partial charge in [-0.2, -0.15) is 13.9 Å². The summed E-state index contributed by atoms with van der Waals surface area (Å²) in [6.07, 6.45) is 5.50. The Morgan fingerprint density at radius 1 is 1.20 bits per heavy atom. The minimum Gasteiger partial charge on any atom is -0.490 e. The predicted octanol–water partition coefficient (Wildman–Crippen LogP) is 4.97. The second-order valence-electron chi connectivity index (χ2n) is 8.45. The summed E-state index contributed by atoms with van der Waals surface area (Å²) < 4.78 is 42.8. The number of halogens is 2. The van der Waals surface area contributed by atoms with Gasteiger partial charge < -0.3 is 24.2 Å². The normalized spacial score (nSPS) is 14.9. The number of likely N-dealkylation sites (N-methyl/N-ethyl adjacent to an activating group) is 1. The third-order valence-corrected chi connectivity index (χ3v) is 5.71. The molecule has 1 saturated carbocycles. The summed E-state index contributed by atoms with van der Waals surface area (Å²) in [5.41, 5.74) is 2.14. The second-order valence-corrected chi connectivity index (χ2v) is 8.45. The Balaban J connectivity index is 0.00000210. The molecule has 0 aliphatic heterocycles. The predicted molar refractivity (Wildman–Crippen MR) is 133 cm³/mol. The number of hydrogen-bond donors (Lipinski definition) is 1. The van der Waals surface area contributed by atoms with Gasteiger partial charge >= 0.3 is 6.61 Å². The van der Waals surface area contributed by atoms with Crippen LogP contribution in [0.1, 0.15) is 52.0 Å². The van der Waals surface area contributed by atoms with Crippen LogP contribution in [-0.4, -0.2) is 72.0 Å². The number of benzene rings is 1. The fraction of sp³-hybridized carbons (Fsp3) is 0.654. The van der Waals surface area contributed by atoms with Gasteiger partial charge in [-0.05, 0) is 51.8 Å². The first-order valence-corrected chi connectivity index (χ1v) is 12.6. The van der Waals surface area contributed by atoms with Gasteiger partial charge in [0.1, 0.15) is 5.75 Å². The van der Waals surface area contributed by atoms with E-state index in [0.29, 0.717) is 37.6 Å². The van der Waals surface area contributed by atoms with Gasteiger partial charge in [0.2, 0.25) is 0 Å². The van der Waals surface area contributed by atoms with Crippen LogP contribution in [-0.2, 0) is 22.6 Å². The zero-order valence-corrected chi connectivity index (χ0v) is 21.5. The number of alkyl halides is 2. The molecule has 9 heteroatoms. The van der Waals surface area contributed by atoms with E-state index in [1.165, 1.54) is 0 Å². The summed E-state index contributed by atoms with van der Waals surface area (Å²) in [5, 5.41) is 15.0. The monoisotopic (exact) mass is 497 g/mol. The molecular weight excluding hydrogens is 456 g/mol. The highest BCUT2D eigenvalue weighted by Gasteiger charge is 2.19. The van der Waals surface area contributed by atoms with Crippen LogP contribution in [0.3, 0.4) is 0 Å². The number of hydrogen-bond acceptors (Lipinski definition) is 6. The number of aromatic nitrogens is 2. The Hall–Kier alpha value is -2.07. The Morgan fingerprint density at radius 3 is 2.63 bits per heavy atom. The van der Waals surface area contributed by atoms with Crippen LogP contribution in [0.4, 0.5) is 8.78 Å². The van der Waals surface area contributed by atoms with E-state index < -0.39 is 12.7 Å². The van der Waals surface area contributed by atoms with Gasteiger partial charge in [0.15, 0.2) is 0 Å². The van der Waals surface area contributed by atoms with E-state index in [1.807, 2.05) is 57.1 Å². The highest BCUT2D eigenvalue weighted by molar-refractivity contribution is 5.62. The Morgan fingerprint density at radius 2 is 1.94 bits per heavy atom. The van der Waals surface area contributed by atoms with Gasteiger partial charge in [-0.1, -0.05) is 26.0 Å². The van der Waals surface area contributed by atoms with Crippen molar-refractivity contribution in [2.24, 2.45) is 0 Å². The second kappa shape index (κ2) is 15.8. The lowest BCUT2D eigenvalue weighted by atomic mass is 10.1. The molecule has 2 aromatic rings. The third kappa shape index (κ3) is 10.2. The Labute approximate surface area is 208 Å². The molecule has 0 radical (unpaired) electrons. The fourth-order valence-electron chi connectivity index (χ4n) is 3.99. The van der Waals surface area contributed by atoms with Gasteiger partial charge in [0.25, 0.3) is 0 Å². The molecule has 0 saturated heterocycles. The summed E-state index contributed by atoms with van der Waals surface area (Å²) in [5.74, 6) is 0.561. The first kappa shape index (κ1) is 29.2. The molecule has 35 heavy (non-hydrogen) atoms. The molecule has 1 aromatic carbocycles. The maximum absolute atomic E-state index is 12.6. The summed E-state index contributed by atoms with van der Waals surface area (Å²) in [6, 6.07) is 7.29. The quantitative estimate of drug-likeness (QED) is 0.372. The van der Waals surface area contributed by atoms with E-state index in [4.69, 9.17) is 9.47 Å². The zero-order chi connectivity index (χ0) is 25.6. The van der Waals surface area contributed by atoms with Crippen LogP contribution in [0, 0.1) is 0 Å². The van der Waals surface area contributed by atoms with Crippen LogP contribution in [0.2, 0.25) is 0 Å². The standard InChI is InChI=1S/C24H35F2N3O4.C2H6/c1-3-31-13-12-28(2)15-20(30)16-29-11-10-22(27-29)18-8-9-19(17-32-24(25)26)23(14-18)33-21-6-4-5-7-21;1-2/h8-11,14,20-21,24,30H,3-7,12-13,15-17H2,1-2H3;1-2H3. The van der Waals surface area contributed by atoms with Crippen LogP contribution < -0.4 is 4.74 Å². The van der Waals surface area contributed by atoms with E-state index in [9.17, 15) is 13.9 Å².